The van der Waals surface area contributed by atoms with Crippen LogP contribution in [0.5, 0.6) is 23.0 Å². The van der Waals surface area contributed by atoms with Crippen LogP contribution in [0.15, 0.2) is 60.7 Å². The van der Waals surface area contributed by atoms with Crippen molar-refractivity contribution in [2.75, 3.05) is 33.6 Å². The van der Waals surface area contributed by atoms with Gasteiger partial charge in [0.1, 0.15) is 5.75 Å². The van der Waals surface area contributed by atoms with Crippen LogP contribution >= 0.6 is 0 Å². The minimum Gasteiger partial charge on any atom is -0.493 e. The minimum absolute atomic E-state index is 0.0123. The molecule has 2 aliphatic heterocycles. The number of hydrogen-bond donors (Lipinski definition) is 2. The molecule has 9 heteroatoms. The zero-order valence-electron chi connectivity index (χ0n) is 23.4. The zero-order valence-corrected chi connectivity index (χ0v) is 23.4. The number of carbonyl (C=O) groups is 2. The average Bonchev–Trinajstić information content (AvgIpc) is 3.45. The molecule has 0 spiro atoms. The molecule has 41 heavy (non-hydrogen) atoms. The highest BCUT2D eigenvalue weighted by Gasteiger charge is 2.21. The second kappa shape index (κ2) is 13.9. The lowest BCUT2D eigenvalue weighted by atomic mass is 10.1. The number of benzene rings is 3. The van der Waals surface area contributed by atoms with Crippen molar-refractivity contribution in [3.63, 3.8) is 0 Å². The van der Waals surface area contributed by atoms with Crippen molar-refractivity contribution in [1.82, 2.24) is 15.5 Å². The van der Waals surface area contributed by atoms with Gasteiger partial charge in [0.15, 0.2) is 11.5 Å². The summed E-state index contributed by atoms with van der Waals surface area (Å²) in [6, 6.07) is 19.7. The lowest BCUT2D eigenvalue weighted by molar-refractivity contribution is -0.122. The molecule has 0 bridgehead atoms. The van der Waals surface area contributed by atoms with E-state index in [9.17, 15) is 9.59 Å². The van der Waals surface area contributed by atoms with Gasteiger partial charge in [-0.1, -0.05) is 42.5 Å². The summed E-state index contributed by atoms with van der Waals surface area (Å²) >= 11 is 0. The number of nitrogens with zero attached hydrogens (tertiary/aromatic N) is 1. The molecular formula is C32H37N3O6. The predicted molar refractivity (Wildman–Crippen MR) is 154 cm³/mol. The van der Waals surface area contributed by atoms with Gasteiger partial charge in [-0.15, -0.1) is 0 Å². The third-order valence-electron chi connectivity index (χ3n) is 7.11. The molecule has 0 saturated heterocycles. The van der Waals surface area contributed by atoms with Crippen molar-refractivity contribution in [2.24, 2.45) is 0 Å². The highest BCUT2D eigenvalue weighted by molar-refractivity contribution is 5.79. The third kappa shape index (κ3) is 7.91. The topological polar surface area (TPSA) is 98.4 Å². The number of methoxy groups -OCH3 is 1. The first-order valence-electron chi connectivity index (χ1n) is 14.1. The number of amides is 2. The highest BCUT2D eigenvalue weighted by Crippen LogP contribution is 2.41. The molecule has 2 aliphatic rings. The van der Waals surface area contributed by atoms with E-state index in [-0.39, 0.29) is 31.6 Å². The molecule has 0 radical (unpaired) electrons. The molecule has 0 unspecified atom stereocenters. The highest BCUT2D eigenvalue weighted by atomic mass is 16.7. The predicted octanol–water partition coefficient (Wildman–Crippen LogP) is 3.96. The van der Waals surface area contributed by atoms with E-state index >= 15 is 0 Å². The van der Waals surface area contributed by atoms with Gasteiger partial charge in [-0.25, -0.2) is 0 Å². The molecule has 3 aromatic carbocycles. The number of carbonyl (C=O) groups excluding carboxylic acids is 2. The van der Waals surface area contributed by atoms with E-state index < -0.39 is 0 Å². The average molecular weight is 560 g/mol. The normalized spacial score (nSPS) is 15.8. The van der Waals surface area contributed by atoms with Crippen LogP contribution < -0.4 is 29.6 Å². The fourth-order valence-corrected chi connectivity index (χ4v) is 5.06. The van der Waals surface area contributed by atoms with E-state index in [4.69, 9.17) is 18.9 Å². The molecule has 0 fully saturated rings. The lowest BCUT2D eigenvalue weighted by Gasteiger charge is -2.23. The number of ether oxygens (including phenoxy) is 4. The summed E-state index contributed by atoms with van der Waals surface area (Å²) in [7, 11) is 1.58. The summed E-state index contributed by atoms with van der Waals surface area (Å²) < 4.78 is 22.5. The fourth-order valence-electron chi connectivity index (χ4n) is 5.06. The summed E-state index contributed by atoms with van der Waals surface area (Å²) in [6.07, 6.45) is 3.04. The van der Waals surface area contributed by atoms with Crippen molar-refractivity contribution in [3.8, 4) is 23.0 Å². The Labute approximate surface area is 240 Å². The molecule has 2 N–H and O–H groups in total. The molecule has 0 saturated carbocycles. The van der Waals surface area contributed by atoms with Crippen LogP contribution in [0, 0.1) is 0 Å². The first-order valence-corrected chi connectivity index (χ1v) is 14.1. The Balaban J connectivity index is 1.29. The van der Waals surface area contributed by atoms with E-state index in [1.165, 1.54) is 0 Å². The number of fused-ring (bicyclic) bond motifs is 2. The lowest BCUT2D eigenvalue weighted by Crippen LogP contribution is -2.37. The van der Waals surface area contributed by atoms with E-state index in [1.54, 1.807) is 7.11 Å². The SMILES string of the molecule is COc1cc(CNC(=O)Cc2ccc3c(c2)CN(Cc2ccccc2)CC(=O)NCCCCCO3)cc2c1OCO2. The van der Waals surface area contributed by atoms with E-state index in [0.717, 1.165) is 47.3 Å². The van der Waals surface area contributed by atoms with Gasteiger partial charge < -0.3 is 29.6 Å². The van der Waals surface area contributed by atoms with Crippen molar-refractivity contribution in [1.29, 1.82) is 0 Å². The minimum atomic E-state index is -0.104. The van der Waals surface area contributed by atoms with Crippen LogP contribution in [0.1, 0.15) is 41.5 Å². The van der Waals surface area contributed by atoms with Crippen LogP contribution in [0.2, 0.25) is 0 Å². The molecule has 9 nitrogen and oxygen atoms in total. The Morgan fingerprint density at radius 1 is 0.927 bits per heavy atom. The van der Waals surface area contributed by atoms with Gasteiger partial charge in [0.2, 0.25) is 24.4 Å². The maximum Gasteiger partial charge on any atom is 0.234 e. The van der Waals surface area contributed by atoms with Gasteiger partial charge in [-0.2, -0.15) is 0 Å². The van der Waals surface area contributed by atoms with E-state index in [1.807, 2.05) is 48.5 Å². The molecule has 2 heterocycles. The fraction of sp³-hybridized carbons (Fsp3) is 0.375. The molecule has 3 aromatic rings. The molecule has 5 rings (SSSR count). The van der Waals surface area contributed by atoms with Gasteiger partial charge in [-0.3, -0.25) is 14.5 Å². The molecule has 0 aliphatic carbocycles. The summed E-state index contributed by atoms with van der Waals surface area (Å²) in [5, 5.41) is 6.04. The number of nitrogens with one attached hydrogen (secondary N) is 2. The van der Waals surface area contributed by atoms with Crippen molar-refractivity contribution >= 4 is 11.8 Å². The molecule has 0 aromatic heterocycles. The van der Waals surface area contributed by atoms with Gasteiger partial charge in [-0.05, 0) is 54.2 Å². The standard InChI is InChI=1S/C32H37N3O6/c1-38-28-15-25(16-29-32(28)41-22-40-29)18-34-30(36)17-24-10-11-27-26(14-24)20-35(19-23-8-4-2-5-9-23)21-31(37)33-12-6-3-7-13-39-27/h2,4-5,8-11,14-16H,3,6-7,12-13,17-22H2,1H3,(H,33,37)(H,34,36). The second-order valence-electron chi connectivity index (χ2n) is 10.3. The van der Waals surface area contributed by atoms with Crippen molar-refractivity contribution in [2.45, 2.75) is 45.3 Å². The van der Waals surface area contributed by atoms with Gasteiger partial charge in [0.25, 0.3) is 0 Å². The Hall–Kier alpha value is -4.24. The number of rotatable bonds is 7. The molecule has 2 amide bonds. The van der Waals surface area contributed by atoms with Crippen molar-refractivity contribution in [3.05, 3.63) is 82.9 Å². The first-order chi connectivity index (χ1) is 20.1. The van der Waals surface area contributed by atoms with E-state index in [2.05, 4.69) is 27.7 Å². The Bertz CT molecular complexity index is 1350. The van der Waals surface area contributed by atoms with Crippen LogP contribution in [0.3, 0.4) is 0 Å². The second-order valence-corrected chi connectivity index (χ2v) is 10.3. The Kier molecular flexibility index (Phi) is 9.59. The van der Waals surface area contributed by atoms with Crippen molar-refractivity contribution < 1.29 is 28.5 Å². The van der Waals surface area contributed by atoms with Gasteiger partial charge in [0.05, 0.1) is 26.7 Å². The number of hydrogen-bond acceptors (Lipinski definition) is 7. The zero-order chi connectivity index (χ0) is 28.4. The first kappa shape index (κ1) is 28.3. The van der Waals surface area contributed by atoms with Gasteiger partial charge in [0, 0.05) is 31.7 Å². The van der Waals surface area contributed by atoms with E-state index in [0.29, 0.717) is 50.0 Å². The molecule has 216 valence electrons. The van der Waals surface area contributed by atoms with Crippen LogP contribution in [-0.2, 0) is 35.6 Å². The smallest absolute Gasteiger partial charge is 0.234 e. The Morgan fingerprint density at radius 2 is 1.80 bits per heavy atom. The molecule has 0 atom stereocenters. The summed E-state index contributed by atoms with van der Waals surface area (Å²) in [4.78, 5) is 27.8. The summed E-state index contributed by atoms with van der Waals surface area (Å²) in [6.45, 7) is 3.18. The Morgan fingerprint density at radius 3 is 2.66 bits per heavy atom. The monoisotopic (exact) mass is 559 g/mol. The summed E-state index contributed by atoms with van der Waals surface area (Å²) in [5.74, 6) is 2.47. The maximum absolute atomic E-state index is 12.9. The molecular weight excluding hydrogens is 522 g/mol. The quantitative estimate of drug-likeness (QED) is 0.452. The van der Waals surface area contributed by atoms with Crippen LogP contribution in [0.4, 0.5) is 0 Å². The summed E-state index contributed by atoms with van der Waals surface area (Å²) in [5.41, 5.74) is 3.82. The van der Waals surface area contributed by atoms with Crippen LogP contribution in [-0.4, -0.2) is 50.3 Å². The van der Waals surface area contributed by atoms with Gasteiger partial charge >= 0.3 is 0 Å². The maximum atomic E-state index is 12.9. The third-order valence-corrected chi connectivity index (χ3v) is 7.11. The largest absolute Gasteiger partial charge is 0.493 e. The van der Waals surface area contributed by atoms with Crippen LogP contribution in [0.25, 0.3) is 0 Å².